The number of hydrogen-bond donors (Lipinski definition) is 3. The zero-order valence-electron chi connectivity index (χ0n) is 17.3. The van der Waals surface area contributed by atoms with Crippen LogP contribution in [-0.4, -0.2) is 43.8 Å². The number of phenolic OH excluding ortho intramolecular Hbond substituents is 1. The molecule has 3 aromatic heterocycles. The zero-order chi connectivity index (χ0) is 21.5. The summed E-state index contributed by atoms with van der Waals surface area (Å²) in [6.45, 7) is 1.95. The van der Waals surface area contributed by atoms with Crippen LogP contribution in [0.15, 0.2) is 65.4 Å². The summed E-state index contributed by atoms with van der Waals surface area (Å²) in [7, 11) is 0. The Morgan fingerprint density at radius 1 is 1.09 bits per heavy atom. The highest BCUT2D eigenvalue weighted by Crippen LogP contribution is 2.31. The van der Waals surface area contributed by atoms with E-state index in [2.05, 4.69) is 15.6 Å². The first kappa shape index (κ1) is 18.8. The second-order valence-electron chi connectivity index (χ2n) is 8.04. The van der Waals surface area contributed by atoms with Gasteiger partial charge in [0.1, 0.15) is 23.0 Å². The van der Waals surface area contributed by atoms with E-state index in [9.17, 15) is 5.11 Å². The molecule has 5 aromatic rings. The topological polar surface area (TPSA) is 101 Å². The third kappa shape index (κ3) is 3.34. The molecule has 1 aliphatic rings. The molecule has 2 aromatic carbocycles. The van der Waals surface area contributed by atoms with E-state index in [-0.39, 0.29) is 5.75 Å². The van der Waals surface area contributed by atoms with Gasteiger partial charge in [-0.25, -0.2) is 9.97 Å². The number of nitrogens with zero attached hydrogens (tertiary/aromatic N) is 4. The third-order valence-electron chi connectivity index (χ3n) is 5.85. The van der Waals surface area contributed by atoms with Crippen LogP contribution in [-0.2, 0) is 0 Å². The first-order valence-electron chi connectivity index (χ1n) is 10.7. The first-order valence-corrected chi connectivity index (χ1v) is 10.7. The number of aromatic hydroxyl groups is 1. The molecule has 4 heterocycles. The molecule has 8 heteroatoms. The maximum Gasteiger partial charge on any atom is 0.224 e. The van der Waals surface area contributed by atoms with Gasteiger partial charge in [0, 0.05) is 35.8 Å². The van der Waals surface area contributed by atoms with Gasteiger partial charge in [0.2, 0.25) is 5.95 Å². The van der Waals surface area contributed by atoms with E-state index < -0.39 is 0 Å². The molecule has 160 valence electrons. The lowest BCUT2D eigenvalue weighted by Gasteiger charge is -2.23. The van der Waals surface area contributed by atoms with E-state index in [0.717, 1.165) is 53.8 Å². The van der Waals surface area contributed by atoms with E-state index in [4.69, 9.17) is 14.4 Å². The molecule has 1 saturated heterocycles. The van der Waals surface area contributed by atoms with E-state index in [1.54, 1.807) is 24.6 Å². The van der Waals surface area contributed by atoms with Crippen LogP contribution in [0, 0.1) is 0 Å². The predicted octanol–water partition coefficient (Wildman–Crippen LogP) is 4.10. The Kier molecular flexibility index (Phi) is 4.50. The molecule has 1 unspecified atom stereocenters. The molecule has 1 aliphatic heterocycles. The molecule has 1 atom stereocenters. The Bertz CT molecular complexity index is 1420. The largest absolute Gasteiger partial charge is 0.508 e. The molecule has 0 amide bonds. The molecule has 3 N–H and O–H groups in total. The normalized spacial score (nSPS) is 16.6. The smallest absolute Gasteiger partial charge is 0.224 e. The molecule has 32 heavy (non-hydrogen) atoms. The van der Waals surface area contributed by atoms with Crippen LogP contribution < -0.4 is 10.6 Å². The minimum Gasteiger partial charge on any atom is -0.508 e. The van der Waals surface area contributed by atoms with Crippen molar-refractivity contribution in [2.45, 2.75) is 18.9 Å². The Labute approximate surface area is 183 Å². The van der Waals surface area contributed by atoms with E-state index in [1.165, 1.54) is 0 Å². The van der Waals surface area contributed by atoms with Crippen molar-refractivity contribution in [1.82, 2.24) is 24.8 Å². The van der Waals surface area contributed by atoms with E-state index in [0.29, 0.717) is 23.3 Å². The van der Waals surface area contributed by atoms with Crippen LogP contribution in [0.3, 0.4) is 0 Å². The molecule has 1 fully saturated rings. The molecular weight excluding hydrogens is 404 g/mol. The standard InChI is InChI=1S/C24H22N6O2/c31-18-4-5-20-19(13-18)28-23(16-3-6-21-15(12-16)8-11-32-21)30(20)22-7-10-26-24(29-22)27-17-2-1-9-25-14-17/h3-8,10-13,17,25,31H,1-2,9,14H2,(H,26,27,29). The predicted molar refractivity (Wildman–Crippen MR) is 123 cm³/mol. The first-order chi connectivity index (χ1) is 15.7. The molecule has 0 radical (unpaired) electrons. The molecule has 0 bridgehead atoms. The van der Waals surface area contributed by atoms with Crippen LogP contribution in [0.5, 0.6) is 5.75 Å². The summed E-state index contributed by atoms with van der Waals surface area (Å²) in [6, 6.07) is 15.3. The van der Waals surface area contributed by atoms with Gasteiger partial charge in [-0.3, -0.25) is 4.57 Å². The lowest BCUT2D eigenvalue weighted by atomic mass is 10.1. The van der Waals surface area contributed by atoms with Crippen LogP contribution in [0.25, 0.3) is 39.2 Å². The van der Waals surface area contributed by atoms with Gasteiger partial charge in [0.15, 0.2) is 0 Å². The minimum absolute atomic E-state index is 0.175. The number of aromatic nitrogens is 4. The average molecular weight is 426 g/mol. The maximum atomic E-state index is 10.0. The number of furan rings is 1. The summed E-state index contributed by atoms with van der Waals surface area (Å²) in [5.74, 6) is 2.21. The van der Waals surface area contributed by atoms with Gasteiger partial charge in [-0.1, -0.05) is 0 Å². The summed E-state index contributed by atoms with van der Waals surface area (Å²) in [5, 5.41) is 17.9. The molecule has 6 rings (SSSR count). The Balaban J connectivity index is 1.49. The number of fused-ring (bicyclic) bond motifs is 2. The molecule has 8 nitrogen and oxygen atoms in total. The fourth-order valence-corrected chi connectivity index (χ4v) is 4.30. The zero-order valence-corrected chi connectivity index (χ0v) is 17.3. The Morgan fingerprint density at radius 2 is 2.06 bits per heavy atom. The van der Waals surface area contributed by atoms with E-state index in [1.807, 2.05) is 41.0 Å². The fourth-order valence-electron chi connectivity index (χ4n) is 4.30. The Morgan fingerprint density at radius 3 is 2.97 bits per heavy atom. The second-order valence-corrected chi connectivity index (χ2v) is 8.04. The number of anilines is 1. The van der Waals surface area contributed by atoms with E-state index >= 15 is 0 Å². The summed E-state index contributed by atoms with van der Waals surface area (Å²) in [6.07, 6.45) is 5.66. The number of nitrogens with one attached hydrogen (secondary N) is 2. The van der Waals surface area contributed by atoms with Crippen molar-refractivity contribution in [3.8, 4) is 23.0 Å². The van der Waals surface area contributed by atoms with Crippen LogP contribution in [0.2, 0.25) is 0 Å². The summed E-state index contributed by atoms with van der Waals surface area (Å²) >= 11 is 0. The van der Waals surface area contributed by atoms with Gasteiger partial charge >= 0.3 is 0 Å². The number of rotatable bonds is 4. The quantitative estimate of drug-likeness (QED) is 0.398. The highest BCUT2D eigenvalue weighted by molar-refractivity contribution is 5.87. The highest BCUT2D eigenvalue weighted by Gasteiger charge is 2.18. The fraction of sp³-hybridized carbons (Fsp3) is 0.208. The SMILES string of the molecule is Oc1ccc2c(c1)nc(-c1ccc3occc3c1)n2-c1ccnc(NC2CCCNC2)n1. The number of benzene rings is 2. The van der Waals surface area contributed by atoms with Gasteiger partial charge in [-0.15, -0.1) is 0 Å². The van der Waals surface area contributed by atoms with Crippen molar-refractivity contribution in [2.75, 3.05) is 18.4 Å². The lowest BCUT2D eigenvalue weighted by molar-refractivity contribution is 0.476. The average Bonchev–Trinajstić information content (AvgIpc) is 3.43. The molecule has 0 spiro atoms. The van der Waals surface area contributed by atoms with Gasteiger partial charge < -0.3 is 20.2 Å². The van der Waals surface area contributed by atoms with Crippen molar-refractivity contribution < 1.29 is 9.52 Å². The van der Waals surface area contributed by atoms with Gasteiger partial charge in [0.05, 0.1) is 17.3 Å². The van der Waals surface area contributed by atoms with Gasteiger partial charge in [-0.05, 0) is 61.9 Å². The van der Waals surface area contributed by atoms with Crippen LogP contribution in [0.4, 0.5) is 5.95 Å². The molecule has 0 aliphatic carbocycles. The lowest BCUT2D eigenvalue weighted by Crippen LogP contribution is -2.38. The van der Waals surface area contributed by atoms with Crippen LogP contribution >= 0.6 is 0 Å². The van der Waals surface area contributed by atoms with Gasteiger partial charge in [-0.2, -0.15) is 4.98 Å². The van der Waals surface area contributed by atoms with Crippen molar-refractivity contribution in [3.63, 3.8) is 0 Å². The highest BCUT2D eigenvalue weighted by atomic mass is 16.3. The summed E-state index contributed by atoms with van der Waals surface area (Å²) in [4.78, 5) is 14.1. The summed E-state index contributed by atoms with van der Waals surface area (Å²) < 4.78 is 7.49. The monoisotopic (exact) mass is 426 g/mol. The third-order valence-corrected chi connectivity index (χ3v) is 5.85. The molecule has 0 saturated carbocycles. The van der Waals surface area contributed by atoms with Crippen molar-refractivity contribution in [1.29, 1.82) is 0 Å². The van der Waals surface area contributed by atoms with Crippen molar-refractivity contribution in [2.24, 2.45) is 0 Å². The minimum atomic E-state index is 0.175. The Hall–Kier alpha value is -3.91. The van der Waals surface area contributed by atoms with Crippen molar-refractivity contribution in [3.05, 3.63) is 61.0 Å². The number of imidazole rings is 1. The number of hydrogen-bond acceptors (Lipinski definition) is 7. The van der Waals surface area contributed by atoms with Crippen molar-refractivity contribution >= 4 is 28.0 Å². The maximum absolute atomic E-state index is 10.0. The second kappa shape index (κ2) is 7.65. The number of phenols is 1. The summed E-state index contributed by atoms with van der Waals surface area (Å²) in [5.41, 5.74) is 3.30. The van der Waals surface area contributed by atoms with Gasteiger partial charge in [0.25, 0.3) is 0 Å². The molecular formula is C24H22N6O2. The van der Waals surface area contributed by atoms with Crippen LogP contribution in [0.1, 0.15) is 12.8 Å². The number of piperidine rings is 1.